The SMILES string of the molecule is CC(COC1CCC(F)(F)CC1)(CC(F)(F)F)NC(=O)c1cnc2c(F)cccc2c1. The molecule has 31 heavy (non-hydrogen) atoms. The minimum absolute atomic E-state index is 0.0310. The van der Waals surface area contributed by atoms with Crippen LogP contribution in [0.3, 0.4) is 0 Å². The van der Waals surface area contributed by atoms with E-state index in [1.54, 1.807) is 0 Å². The van der Waals surface area contributed by atoms with Gasteiger partial charge in [-0.15, -0.1) is 0 Å². The van der Waals surface area contributed by atoms with Crippen LogP contribution in [0, 0.1) is 5.82 Å². The molecule has 0 saturated heterocycles. The van der Waals surface area contributed by atoms with Crippen LogP contribution in [0.15, 0.2) is 30.5 Å². The van der Waals surface area contributed by atoms with Gasteiger partial charge in [-0.1, -0.05) is 12.1 Å². The molecule has 170 valence electrons. The molecule has 1 unspecified atom stereocenters. The minimum Gasteiger partial charge on any atom is -0.376 e. The van der Waals surface area contributed by atoms with Gasteiger partial charge >= 0.3 is 6.18 Å². The number of hydrogen-bond acceptors (Lipinski definition) is 3. The smallest absolute Gasteiger partial charge is 0.376 e. The van der Waals surface area contributed by atoms with E-state index in [1.165, 1.54) is 31.2 Å². The van der Waals surface area contributed by atoms with Crippen molar-refractivity contribution in [3.63, 3.8) is 0 Å². The first-order valence-electron chi connectivity index (χ1n) is 9.79. The summed E-state index contributed by atoms with van der Waals surface area (Å²) in [4.78, 5) is 16.5. The fourth-order valence-electron chi connectivity index (χ4n) is 3.65. The predicted molar refractivity (Wildman–Crippen MR) is 101 cm³/mol. The van der Waals surface area contributed by atoms with E-state index in [2.05, 4.69) is 10.3 Å². The molecule has 0 bridgehead atoms. The number of amides is 1. The highest BCUT2D eigenvalue weighted by Crippen LogP contribution is 2.35. The second-order valence-electron chi connectivity index (χ2n) is 8.21. The number of nitrogens with one attached hydrogen (secondary N) is 1. The van der Waals surface area contributed by atoms with E-state index in [4.69, 9.17) is 4.74 Å². The van der Waals surface area contributed by atoms with Gasteiger partial charge in [0.15, 0.2) is 0 Å². The normalized spacial score (nSPS) is 19.2. The molecule has 0 radical (unpaired) electrons. The number of carbonyl (C=O) groups is 1. The van der Waals surface area contributed by atoms with Gasteiger partial charge in [0, 0.05) is 24.4 Å². The van der Waals surface area contributed by atoms with Crippen LogP contribution in [0.25, 0.3) is 10.9 Å². The molecule has 1 heterocycles. The molecule has 1 aromatic heterocycles. The minimum atomic E-state index is -4.60. The van der Waals surface area contributed by atoms with Crippen LogP contribution in [0.1, 0.15) is 49.4 Å². The zero-order valence-electron chi connectivity index (χ0n) is 16.7. The van der Waals surface area contributed by atoms with E-state index in [1.807, 2.05) is 0 Å². The summed E-state index contributed by atoms with van der Waals surface area (Å²) in [5.41, 5.74) is -1.83. The monoisotopic (exact) mass is 448 g/mol. The Morgan fingerprint density at radius 2 is 1.94 bits per heavy atom. The van der Waals surface area contributed by atoms with Crippen LogP contribution >= 0.6 is 0 Å². The Morgan fingerprint density at radius 1 is 1.26 bits per heavy atom. The summed E-state index contributed by atoms with van der Waals surface area (Å²) >= 11 is 0. The van der Waals surface area contributed by atoms with Gasteiger partial charge in [-0.05, 0) is 31.9 Å². The summed E-state index contributed by atoms with van der Waals surface area (Å²) in [5.74, 6) is -4.20. The van der Waals surface area contributed by atoms with Crippen LogP contribution in [0.4, 0.5) is 26.3 Å². The number of ether oxygens (including phenoxy) is 1. The molecule has 0 spiro atoms. The number of alkyl halides is 5. The number of rotatable bonds is 6. The first-order valence-corrected chi connectivity index (χ1v) is 9.79. The first kappa shape index (κ1) is 23.3. The molecular weight excluding hydrogens is 426 g/mol. The van der Waals surface area contributed by atoms with E-state index in [0.29, 0.717) is 5.39 Å². The lowest BCUT2D eigenvalue weighted by Gasteiger charge is -2.35. The highest BCUT2D eigenvalue weighted by Gasteiger charge is 2.42. The van der Waals surface area contributed by atoms with Crippen LogP contribution < -0.4 is 5.32 Å². The third kappa shape index (κ3) is 6.32. The average Bonchev–Trinajstić information content (AvgIpc) is 2.65. The lowest BCUT2D eigenvalue weighted by Crippen LogP contribution is -2.52. The standard InChI is InChI=1S/C21H22F6N2O2/c1-19(11-21(25,26)27,12-31-15-5-7-20(23,24)8-6-15)29-18(30)14-9-13-3-2-4-16(22)17(13)28-10-14/h2-4,9-10,15H,5-8,11-12H2,1H3,(H,29,30). The van der Waals surface area contributed by atoms with Gasteiger partial charge in [0.1, 0.15) is 11.3 Å². The Balaban J connectivity index is 1.73. The molecule has 1 aliphatic rings. The lowest BCUT2D eigenvalue weighted by atomic mass is 9.93. The number of carbonyl (C=O) groups excluding carboxylic acids is 1. The Bertz CT molecular complexity index is 939. The zero-order valence-corrected chi connectivity index (χ0v) is 16.7. The molecule has 1 aromatic carbocycles. The fraction of sp³-hybridized carbons (Fsp3) is 0.524. The summed E-state index contributed by atoms with van der Waals surface area (Å²) < 4.78 is 85.3. The molecule has 2 aromatic rings. The number of halogens is 6. The van der Waals surface area contributed by atoms with E-state index >= 15 is 0 Å². The molecule has 10 heteroatoms. The van der Waals surface area contributed by atoms with Gasteiger partial charge in [0.25, 0.3) is 5.91 Å². The van der Waals surface area contributed by atoms with Gasteiger partial charge < -0.3 is 10.1 Å². The molecule has 0 aliphatic heterocycles. The van der Waals surface area contributed by atoms with Crippen molar-refractivity contribution < 1.29 is 35.9 Å². The highest BCUT2D eigenvalue weighted by molar-refractivity contribution is 5.97. The Kier molecular flexibility index (Phi) is 6.50. The first-order chi connectivity index (χ1) is 14.4. The zero-order chi connectivity index (χ0) is 22.9. The largest absolute Gasteiger partial charge is 0.391 e. The van der Waals surface area contributed by atoms with Crippen molar-refractivity contribution in [1.82, 2.24) is 10.3 Å². The maximum atomic E-state index is 13.7. The summed E-state index contributed by atoms with van der Waals surface area (Å²) in [6.45, 7) is 0.689. The van der Waals surface area contributed by atoms with E-state index in [0.717, 1.165) is 6.20 Å². The van der Waals surface area contributed by atoms with Crippen molar-refractivity contribution in [3.05, 3.63) is 41.8 Å². The van der Waals surface area contributed by atoms with Crippen LogP contribution in [-0.4, -0.2) is 41.2 Å². The summed E-state index contributed by atoms with van der Waals surface area (Å²) in [6.07, 6.45) is -6.21. The molecule has 1 saturated carbocycles. The Hall–Kier alpha value is -2.36. The molecule has 1 atom stereocenters. The van der Waals surface area contributed by atoms with Gasteiger partial charge in [-0.2, -0.15) is 13.2 Å². The van der Waals surface area contributed by atoms with E-state index in [9.17, 15) is 31.1 Å². The molecule has 1 N–H and O–H groups in total. The van der Waals surface area contributed by atoms with Crippen molar-refractivity contribution in [2.45, 2.75) is 62.8 Å². The second kappa shape index (κ2) is 8.64. The maximum Gasteiger partial charge on any atom is 0.391 e. The number of hydrogen-bond donors (Lipinski definition) is 1. The summed E-state index contributed by atoms with van der Waals surface area (Å²) in [6, 6.07) is 5.49. The van der Waals surface area contributed by atoms with Crippen molar-refractivity contribution in [1.29, 1.82) is 0 Å². The summed E-state index contributed by atoms with van der Waals surface area (Å²) in [7, 11) is 0. The van der Waals surface area contributed by atoms with Crippen molar-refractivity contribution >= 4 is 16.8 Å². The van der Waals surface area contributed by atoms with Gasteiger partial charge in [-0.25, -0.2) is 13.2 Å². The summed E-state index contributed by atoms with van der Waals surface area (Å²) in [5, 5.41) is 2.66. The Labute approximate surface area is 175 Å². The third-order valence-electron chi connectivity index (χ3n) is 5.23. The quantitative estimate of drug-likeness (QED) is 0.602. The topological polar surface area (TPSA) is 51.2 Å². The number of nitrogens with zero attached hydrogens (tertiary/aromatic N) is 1. The number of aromatic nitrogens is 1. The molecule has 1 aliphatic carbocycles. The predicted octanol–water partition coefficient (Wildman–Crippen LogP) is 5.41. The van der Waals surface area contributed by atoms with Crippen molar-refractivity contribution in [3.8, 4) is 0 Å². The third-order valence-corrected chi connectivity index (χ3v) is 5.23. The number of para-hydroxylation sites is 1. The second-order valence-corrected chi connectivity index (χ2v) is 8.21. The number of fused-ring (bicyclic) bond motifs is 1. The van der Waals surface area contributed by atoms with Crippen molar-refractivity contribution in [2.24, 2.45) is 0 Å². The van der Waals surface area contributed by atoms with E-state index in [-0.39, 0.29) is 36.8 Å². The molecule has 4 nitrogen and oxygen atoms in total. The molecule has 3 rings (SSSR count). The van der Waals surface area contributed by atoms with Gasteiger partial charge in [0.05, 0.1) is 30.2 Å². The Morgan fingerprint density at radius 3 is 2.58 bits per heavy atom. The van der Waals surface area contributed by atoms with Gasteiger partial charge in [-0.3, -0.25) is 9.78 Å². The number of benzene rings is 1. The lowest BCUT2D eigenvalue weighted by molar-refractivity contribution is -0.157. The number of pyridine rings is 1. The molecule has 1 fully saturated rings. The molecule has 1 amide bonds. The fourth-order valence-corrected chi connectivity index (χ4v) is 3.65. The molecular formula is C21H22F6N2O2. The van der Waals surface area contributed by atoms with Crippen molar-refractivity contribution in [2.75, 3.05) is 6.61 Å². The van der Waals surface area contributed by atoms with E-state index < -0.39 is 48.5 Å². The highest BCUT2D eigenvalue weighted by atomic mass is 19.4. The average molecular weight is 448 g/mol. The van der Waals surface area contributed by atoms with Gasteiger partial charge in [0.2, 0.25) is 5.92 Å². The maximum absolute atomic E-state index is 13.7. The van der Waals surface area contributed by atoms with Crippen LogP contribution in [-0.2, 0) is 4.74 Å². The van der Waals surface area contributed by atoms with Crippen LogP contribution in [0.5, 0.6) is 0 Å². The van der Waals surface area contributed by atoms with Crippen LogP contribution in [0.2, 0.25) is 0 Å².